The maximum atomic E-state index is 13.0. The Bertz CT molecular complexity index is 878. The highest BCUT2D eigenvalue weighted by atomic mass is 19.1. The van der Waals surface area contributed by atoms with Gasteiger partial charge in [0.05, 0.1) is 6.61 Å². The maximum absolute atomic E-state index is 13.0. The van der Waals surface area contributed by atoms with E-state index < -0.39 is 0 Å². The molecule has 0 saturated carbocycles. The lowest BCUT2D eigenvalue weighted by Gasteiger charge is -2.15. The highest BCUT2D eigenvalue weighted by Gasteiger charge is 2.08. The fourth-order valence-electron chi connectivity index (χ4n) is 2.76. The Balaban J connectivity index is 1.68. The molecule has 3 nitrogen and oxygen atoms in total. The summed E-state index contributed by atoms with van der Waals surface area (Å²) in [4.78, 5) is 0. The zero-order valence-electron chi connectivity index (χ0n) is 15.7. The molecule has 0 atom stereocenters. The molecule has 0 aliphatic heterocycles. The standard InChI is InChI=1S/C23H24FNO2/c1-3-26-23-14-19(15-25-21-7-5-4-6-17(21)2)10-13-22(23)27-16-18-8-11-20(24)12-9-18/h4-14,25H,3,15-16H2,1-2H3. The first kappa shape index (κ1) is 18.8. The van der Waals surface area contributed by atoms with Crippen molar-refractivity contribution in [3.8, 4) is 11.5 Å². The predicted octanol–water partition coefficient (Wildman–Crippen LogP) is 5.72. The average molecular weight is 365 g/mol. The van der Waals surface area contributed by atoms with Crippen LogP contribution in [0.3, 0.4) is 0 Å². The van der Waals surface area contributed by atoms with Crippen molar-refractivity contribution >= 4 is 5.69 Å². The van der Waals surface area contributed by atoms with Crippen LogP contribution in [-0.4, -0.2) is 6.61 Å². The lowest BCUT2D eigenvalue weighted by molar-refractivity contribution is 0.269. The van der Waals surface area contributed by atoms with E-state index in [1.165, 1.54) is 17.7 Å². The number of hydrogen-bond acceptors (Lipinski definition) is 3. The van der Waals surface area contributed by atoms with E-state index in [0.29, 0.717) is 31.3 Å². The fourth-order valence-corrected chi connectivity index (χ4v) is 2.76. The molecule has 140 valence electrons. The molecule has 27 heavy (non-hydrogen) atoms. The molecule has 0 saturated heterocycles. The summed E-state index contributed by atoms with van der Waals surface area (Å²) in [6.45, 7) is 5.65. The molecule has 0 spiro atoms. The quantitative estimate of drug-likeness (QED) is 0.553. The summed E-state index contributed by atoms with van der Waals surface area (Å²) in [5, 5.41) is 3.45. The van der Waals surface area contributed by atoms with Gasteiger partial charge in [0, 0.05) is 12.2 Å². The number of para-hydroxylation sites is 1. The maximum Gasteiger partial charge on any atom is 0.161 e. The van der Waals surface area contributed by atoms with Crippen LogP contribution in [0.15, 0.2) is 66.7 Å². The summed E-state index contributed by atoms with van der Waals surface area (Å²) >= 11 is 0. The predicted molar refractivity (Wildman–Crippen MR) is 107 cm³/mol. The van der Waals surface area contributed by atoms with Gasteiger partial charge in [0.15, 0.2) is 11.5 Å². The molecule has 0 fully saturated rings. The van der Waals surface area contributed by atoms with Gasteiger partial charge in [-0.3, -0.25) is 0 Å². The first-order valence-corrected chi connectivity index (χ1v) is 9.08. The minimum absolute atomic E-state index is 0.251. The van der Waals surface area contributed by atoms with Crippen LogP contribution in [0, 0.1) is 12.7 Å². The summed E-state index contributed by atoms with van der Waals surface area (Å²) in [5.41, 5.74) is 4.34. The van der Waals surface area contributed by atoms with Crippen molar-refractivity contribution in [2.75, 3.05) is 11.9 Å². The molecule has 3 rings (SSSR count). The summed E-state index contributed by atoms with van der Waals surface area (Å²) in [6, 6.07) is 20.4. The lowest BCUT2D eigenvalue weighted by atomic mass is 10.1. The van der Waals surface area contributed by atoms with Gasteiger partial charge in [-0.05, 0) is 60.9 Å². The van der Waals surface area contributed by atoms with Gasteiger partial charge in [-0.2, -0.15) is 0 Å². The molecular formula is C23H24FNO2. The molecule has 0 bridgehead atoms. The molecule has 1 N–H and O–H groups in total. The minimum Gasteiger partial charge on any atom is -0.490 e. The van der Waals surface area contributed by atoms with Crippen molar-refractivity contribution in [2.45, 2.75) is 27.0 Å². The average Bonchev–Trinajstić information content (AvgIpc) is 2.68. The molecule has 0 aliphatic rings. The highest BCUT2D eigenvalue weighted by Crippen LogP contribution is 2.30. The molecular weight excluding hydrogens is 341 g/mol. The Morgan fingerprint density at radius 1 is 0.852 bits per heavy atom. The SMILES string of the molecule is CCOc1cc(CNc2ccccc2C)ccc1OCc1ccc(F)cc1. The van der Waals surface area contributed by atoms with Gasteiger partial charge in [-0.1, -0.05) is 36.4 Å². The van der Waals surface area contributed by atoms with Crippen molar-refractivity contribution in [1.82, 2.24) is 0 Å². The first-order valence-electron chi connectivity index (χ1n) is 9.08. The molecule has 4 heteroatoms. The first-order chi connectivity index (χ1) is 13.2. The Morgan fingerprint density at radius 2 is 1.59 bits per heavy atom. The van der Waals surface area contributed by atoms with Crippen molar-refractivity contribution in [3.63, 3.8) is 0 Å². The van der Waals surface area contributed by atoms with Gasteiger partial charge in [-0.15, -0.1) is 0 Å². The van der Waals surface area contributed by atoms with Crippen molar-refractivity contribution in [2.24, 2.45) is 0 Å². The second kappa shape index (κ2) is 9.08. The lowest BCUT2D eigenvalue weighted by Crippen LogP contribution is -2.03. The van der Waals surface area contributed by atoms with Gasteiger partial charge in [0.1, 0.15) is 12.4 Å². The van der Waals surface area contributed by atoms with Crippen molar-refractivity contribution in [3.05, 3.63) is 89.2 Å². The van der Waals surface area contributed by atoms with Gasteiger partial charge >= 0.3 is 0 Å². The van der Waals surface area contributed by atoms with Crippen LogP contribution in [-0.2, 0) is 13.2 Å². The van der Waals surface area contributed by atoms with Crippen LogP contribution in [0.1, 0.15) is 23.6 Å². The Hall–Kier alpha value is -3.01. The Labute approximate surface area is 159 Å². The second-order valence-electron chi connectivity index (χ2n) is 6.30. The van der Waals surface area contributed by atoms with Gasteiger partial charge in [0.25, 0.3) is 0 Å². The van der Waals surface area contributed by atoms with E-state index in [1.54, 1.807) is 12.1 Å². The number of nitrogens with one attached hydrogen (secondary N) is 1. The number of hydrogen-bond donors (Lipinski definition) is 1. The van der Waals surface area contributed by atoms with Crippen LogP contribution in [0.5, 0.6) is 11.5 Å². The molecule has 3 aromatic carbocycles. The second-order valence-corrected chi connectivity index (χ2v) is 6.30. The molecule has 0 amide bonds. The van der Waals surface area contributed by atoms with E-state index in [0.717, 1.165) is 16.8 Å². The monoisotopic (exact) mass is 365 g/mol. The molecule has 0 aromatic heterocycles. The summed E-state index contributed by atoms with van der Waals surface area (Å²) in [6.07, 6.45) is 0. The number of benzene rings is 3. The Morgan fingerprint density at radius 3 is 2.33 bits per heavy atom. The fraction of sp³-hybridized carbons (Fsp3) is 0.217. The third-order valence-corrected chi connectivity index (χ3v) is 4.24. The van der Waals surface area contributed by atoms with E-state index in [-0.39, 0.29) is 5.82 Å². The van der Waals surface area contributed by atoms with Gasteiger partial charge in [0.2, 0.25) is 0 Å². The zero-order chi connectivity index (χ0) is 19.1. The summed E-state index contributed by atoms with van der Waals surface area (Å²) in [7, 11) is 0. The normalized spacial score (nSPS) is 10.5. The largest absolute Gasteiger partial charge is 0.490 e. The zero-order valence-corrected chi connectivity index (χ0v) is 15.7. The number of aryl methyl sites for hydroxylation is 1. The van der Waals surface area contributed by atoms with Crippen LogP contribution in [0.25, 0.3) is 0 Å². The smallest absolute Gasteiger partial charge is 0.161 e. The summed E-state index contributed by atoms with van der Waals surface area (Å²) < 4.78 is 24.6. The number of anilines is 1. The molecule has 0 unspecified atom stereocenters. The number of ether oxygens (including phenoxy) is 2. The topological polar surface area (TPSA) is 30.5 Å². The van der Waals surface area contributed by atoms with Crippen molar-refractivity contribution < 1.29 is 13.9 Å². The van der Waals surface area contributed by atoms with E-state index in [9.17, 15) is 4.39 Å². The number of rotatable bonds is 8. The van der Waals surface area contributed by atoms with E-state index in [4.69, 9.17) is 9.47 Å². The van der Waals surface area contributed by atoms with Crippen LogP contribution >= 0.6 is 0 Å². The van der Waals surface area contributed by atoms with Gasteiger partial charge < -0.3 is 14.8 Å². The Kier molecular flexibility index (Phi) is 6.31. The molecule has 0 radical (unpaired) electrons. The molecule has 0 aliphatic carbocycles. The molecule has 3 aromatic rings. The third kappa shape index (κ3) is 5.23. The minimum atomic E-state index is -0.251. The van der Waals surface area contributed by atoms with Gasteiger partial charge in [-0.25, -0.2) is 4.39 Å². The third-order valence-electron chi connectivity index (χ3n) is 4.24. The van der Waals surface area contributed by atoms with Crippen LogP contribution in [0.2, 0.25) is 0 Å². The highest BCUT2D eigenvalue weighted by molar-refractivity contribution is 5.51. The van der Waals surface area contributed by atoms with Crippen molar-refractivity contribution in [1.29, 1.82) is 0 Å². The molecule has 0 heterocycles. The van der Waals surface area contributed by atoms with E-state index in [2.05, 4.69) is 24.4 Å². The summed E-state index contributed by atoms with van der Waals surface area (Å²) in [5.74, 6) is 1.14. The number of halogens is 1. The van der Waals surface area contributed by atoms with Crippen LogP contribution in [0.4, 0.5) is 10.1 Å². The van der Waals surface area contributed by atoms with E-state index >= 15 is 0 Å². The van der Waals surface area contributed by atoms with E-state index in [1.807, 2.05) is 37.3 Å². The van der Waals surface area contributed by atoms with Crippen LogP contribution < -0.4 is 14.8 Å².